The van der Waals surface area contributed by atoms with E-state index in [1.807, 2.05) is 12.1 Å². The summed E-state index contributed by atoms with van der Waals surface area (Å²) in [4.78, 5) is 8.64. The third kappa shape index (κ3) is 3.55. The summed E-state index contributed by atoms with van der Waals surface area (Å²) < 4.78 is 13.1. The summed E-state index contributed by atoms with van der Waals surface area (Å²) in [7, 11) is 0. The van der Waals surface area contributed by atoms with Crippen LogP contribution in [0.5, 0.6) is 5.75 Å². The Morgan fingerprint density at radius 2 is 1.88 bits per heavy atom. The van der Waals surface area contributed by atoms with Crippen LogP contribution in [0.3, 0.4) is 0 Å². The molecule has 2 aromatic carbocycles. The SMILES string of the molecule is Nc1ncnc2c1c(-c1ccc3cc(OC4CC4)ccc3c1)nn2CC1(O)CCOCC1. The molecule has 3 heterocycles. The zero-order valence-corrected chi connectivity index (χ0v) is 17.7. The van der Waals surface area contributed by atoms with Gasteiger partial charge < -0.3 is 20.3 Å². The number of nitrogens with zero attached hydrogens (tertiary/aromatic N) is 4. The van der Waals surface area contributed by atoms with E-state index in [2.05, 4.69) is 34.2 Å². The molecular weight excluding hydrogens is 406 g/mol. The topological polar surface area (TPSA) is 108 Å². The average Bonchev–Trinajstić information content (AvgIpc) is 3.54. The Hall–Kier alpha value is -3.23. The number of nitrogen functional groups attached to an aromatic ring is 1. The van der Waals surface area contributed by atoms with E-state index in [0.29, 0.717) is 61.2 Å². The zero-order valence-electron chi connectivity index (χ0n) is 17.7. The number of ether oxygens (including phenoxy) is 2. The first-order valence-corrected chi connectivity index (χ1v) is 11.1. The number of fused-ring (bicyclic) bond motifs is 2. The number of nitrogens with two attached hydrogens (primary N) is 1. The Kier molecular flexibility index (Phi) is 4.51. The molecule has 164 valence electrons. The van der Waals surface area contributed by atoms with E-state index in [1.54, 1.807) is 4.68 Å². The van der Waals surface area contributed by atoms with E-state index in [0.717, 1.165) is 34.9 Å². The Labute approximate surface area is 185 Å². The Balaban J connectivity index is 1.41. The van der Waals surface area contributed by atoms with Gasteiger partial charge in [0.1, 0.15) is 23.6 Å². The molecule has 8 nitrogen and oxygen atoms in total. The molecule has 0 bridgehead atoms. The van der Waals surface area contributed by atoms with Crippen LogP contribution in [0.2, 0.25) is 0 Å². The molecule has 0 radical (unpaired) electrons. The number of anilines is 1. The molecule has 8 heteroatoms. The first kappa shape index (κ1) is 19.5. The highest BCUT2D eigenvalue weighted by molar-refractivity contribution is 6.00. The minimum absolute atomic E-state index is 0.332. The van der Waals surface area contributed by atoms with Crippen LogP contribution in [0.25, 0.3) is 33.1 Å². The van der Waals surface area contributed by atoms with Crippen molar-refractivity contribution in [1.29, 1.82) is 0 Å². The quantitative estimate of drug-likeness (QED) is 0.499. The molecule has 1 aliphatic carbocycles. The van der Waals surface area contributed by atoms with Crippen LogP contribution in [0.1, 0.15) is 25.7 Å². The number of hydrogen-bond donors (Lipinski definition) is 2. The van der Waals surface area contributed by atoms with E-state index in [9.17, 15) is 5.11 Å². The summed E-state index contributed by atoms with van der Waals surface area (Å²) in [6.07, 6.45) is 5.21. The van der Waals surface area contributed by atoms with Gasteiger partial charge in [-0.2, -0.15) is 5.10 Å². The lowest BCUT2D eigenvalue weighted by molar-refractivity contribution is -0.0738. The van der Waals surface area contributed by atoms with Crippen molar-refractivity contribution in [3.8, 4) is 17.0 Å². The van der Waals surface area contributed by atoms with E-state index in [1.165, 1.54) is 6.33 Å². The molecular formula is C24H25N5O3. The van der Waals surface area contributed by atoms with Crippen molar-refractivity contribution >= 4 is 27.6 Å². The number of hydrogen-bond acceptors (Lipinski definition) is 7. The van der Waals surface area contributed by atoms with E-state index < -0.39 is 5.60 Å². The molecule has 0 spiro atoms. The predicted molar refractivity (Wildman–Crippen MR) is 121 cm³/mol. The standard InChI is InChI=1S/C24H25N5O3/c25-22-20-21(17-2-1-16-12-19(32-18-5-6-18)4-3-15(16)11-17)28-29(23(20)27-14-26-22)13-24(30)7-9-31-10-8-24/h1-4,11-12,14,18,30H,5-10,13H2,(H2,25,26,27). The smallest absolute Gasteiger partial charge is 0.164 e. The van der Waals surface area contributed by atoms with Crippen molar-refractivity contribution in [2.24, 2.45) is 0 Å². The number of aliphatic hydroxyl groups is 1. The minimum Gasteiger partial charge on any atom is -0.490 e. The first-order chi connectivity index (χ1) is 15.6. The first-order valence-electron chi connectivity index (χ1n) is 11.1. The van der Waals surface area contributed by atoms with Gasteiger partial charge in [0, 0.05) is 31.6 Å². The molecule has 1 aliphatic heterocycles. The summed E-state index contributed by atoms with van der Waals surface area (Å²) in [5, 5.41) is 18.8. The fourth-order valence-electron chi connectivity index (χ4n) is 4.35. The number of aromatic nitrogens is 4. The molecule has 4 aromatic rings. The van der Waals surface area contributed by atoms with Gasteiger partial charge in [-0.3, -0.25) is 0 Å². The highest BCUT2D eigenvalue weighted by Crippen LogP contribution is 2.35. The average molecular weight is 431 g/mol. The summed E-state index contributed by atoms with van der Waals surface area (Å²) in [6, 6.07) is 12.4. The predicted octanol–water partition coefficient (Wildman–Crippen LogP) is 3.31. The normalized spacial score (nSPS) is 18.3. The van der Waals surface area contributed by atoms with Gasteiger partial charge in [-0.05, 0) is 41.8 Å². The van der Waals surface area contributed by atoms with Gasteiger partial charge in [-0.1, -0.05) is 18.2 Å². The Morgan fingerprint density at radius 3 is 2.69 bits per heavy atom. The lowest BCUT2D eigenvalue weighted by Gasteiger charge is -2.31. The van der Waals surface area contributed by atoms with Crippen LogP contribution >= 0.6 is 0 Å². The fraction of sp³-hybridized carbons (Fsp3) is 0.375. The second-order valence-corrected chi connectivity index (χ2v) is 8.84. The minimum atomic E-state index is -0.879. The molecule has 6 rings (SSSR count). The summed E-state index contributed by atoms with van der Waals surface area (Å²) >= 11 is 0. The molecule has 3 N–H and O–H groups in total. The Bertz CT molecular complexity index is 1310. The van der Waals surface area contributed by atoms with Gasteiger partial charge in [0.05, 0.1) is 23.6 Å². The van der Waals surface area contributed by atoms with Crippen LogP contribution in [0, 0.1) is 0 Å². The zero-order chi connectivity index (χ0) is 21.7. The monoisotopic (exact) mass is 431 g/mol. The molecule has 0 unspecified atom stereocenters. The Morgan fingerprint density at radius 1 is 1.09 bits per heavy atom. The maximum Gasteiger partial charge on any atom is 0.164 e. The number of benzene rings is 2. The fourth-order valence-corrected chi connectivity index (χ4v) is 4.35. The van der Waals surface area contributed by atoms with E-state index >= 15 is 0 Å². The second kappa shape index (κ2) is 7.43. The third-order valence-electron chi connectivity index (χ3n) is 6.34. The summed E-state index contributed by atoms with van der Waals surface area (Å²) in [5.74, 6) is 1.29. The van der Waals surface area contributed by atoms with E-state index in [-0.39, 0.29) is 0 Å². The van der Waals surface area contributed by atoms with Crippen LogP contribution in [0.15, 0.2) is 42.7 Å². The maximum absolute atomic E-state index is 11.0. The third-order valence-corrected chi connectivity index (χ3v) is 6.34. The van der Waals surface area contributed by atoms with Gasteiger partial charge >= 0.3 is 0 Å². The van der Waals surface area contributed by atoms with Gasteiger partial charge in [0.15, 0.2) is 5.65 Å². The summed E-state index contributed by atoms with van der Waals surface area (Å²) in [5.41, 5.74) is 7.65. The van der Waals surface area contributed by atoms with Crippen molar-refractivity contribution in [1.82, 2.24) is 19.7 Å². The molecule has 2 fully saturated rings. The second-order valence-electron chi connectivity index (χ2n) is 8.84. The summed E-state index contributed by atoms with van der Waals surface area (Å²) in [6.45, 7) is 1.41. The number of rotatable bonds is 5. The molecule has 32 heavy (non-hydrogen) atoms. The van der Waals surface area contributed by atoms with Crippen LogP contribution < -0.4 is 10.5 Å². The van der Waals surface area contributed by atoms with Gasteiger partial charge in [-0.15, -0.1) is 0 Å². The van der Waals surface area contributed by atoms with E-state index in [4.69, 9.17) is 20.3 Å². The maximum atomic E-state index is 11.0. The molecule has 2 aromatic heterocycles. The molecule has 1 saturated carbocycles. The highest BCUT2D eigenvalue weighted by Gasteiger charge is 2.32. The van der Waals surface area contributed by atoms with Crippen LogP contribution in [0.4, 0.5) is 5.82 Å². The van der Waals surface area contributed by atoms with Crippen LogP contribution in [-0.2, 0) is 11.3 Å². The van der Waals surface area contributed by atoms with Crippen molar-refractivity contribution in [2.75, 3.05) is 18.9 Å². The largest absolute Gasteiger partial charge is 0.490 e. The molecule has 2 aliphatic rings. The molecule has 0 atom stereocenters. The van der Waals surface area contributed by atoms with Crippen LogP contribution in [-0.4, -0.2) is 49.8 Å². The highest BCUT2D eigenvalue weighted by atomic mass is 16.5. The van der Waals surface area contributed by atoms with Crippen molar-refractivity contribution < 1.29 is 14.6 Å². The lowest BCUT2D eigenvalue weighted by Crippen LogP contribution is -2.40. The molecule has 1 saturated heterocycles. The van der Waals surface area contributed by atoms with Crippen molar-refractivity contribution in [3.05, 3.63) is 42.7 Å². The van der Waals surface area contributed by atoms with Gasteiger partial charge in [0.2, 0.25) is 0 Å². The van der Waals surface area contributed by atoms with Gasteiger partial charge in [0.25, 0.3) is 0 Å². The van der Waals surface area contributed by atoms with Crippen molar-refractivity contribution in [3.63, 3.8) is 0 Å². The van der Waals surface area contributed by atoms with Gasteiger partial charge in [-0.25, -0.2) is 14.6 Å². The lowest BCUT2D eigenvalue weighted by atomic mass is 9.94. The molecule has 0 amide bonds. The van der Waals surface area contributed by atoms with Crippen molar-refractivity contribution in [2.45, 2.75) is 43.9 Å².